The molecule has 1 aromatic rings. The van der Waals surface area contributed by atoms with Gasteiger partial charge in [-0.1, -0.05) is 0 Å². The van der Waals surface area contributed by atoms with Crippen LogP contribution in [-0.4, -0.2) is 22.5 Å². The zero-order valence-electron chi connectivity index (χ0n) is 9.72. The number of nitrogens with one attached hydrogen (secondary N) is 1. The second-order valence-corrected chi connectivity index (χ2v) is 4.22. The van der Waals surface area contributed by atoms with Gasteiger partial charge in [0.05, 0.1) is 18.3 Å². The normalized spacial score (nSPS) is 22.5. The first-order valence-corrected chi connectivity index (χ1v) is 5.93. The first-order chi connectivity index (χ1) is 7.83. The zero-order chi connectivity index (χ0) is 11.4. The van der Waals surface area contributed by atoms with E-state index in [1.54, 1.807) is 0 Å². The summed E-state index contributed by atoms with van der Waals surface area (Å²) in [5.74, 6) is 5.59. The summed E-state index contributed by atoms with van der Waals surface area (Å²) in [6, 6.07) is 0.142. The van der Waals surface area contributed by atoms with Crippen LogP contribution in [0.5, 0.6) is 0 Å². The van der Waals surface area contributed by atoms with Gasteiger partial charge < -0.3 is 4.74 Å². The Morgan fingerprint density at radius 1 is 1.75 bits per heavy atom. The Bertz CT molecular complexity index is 320. The summed E-state index contributed by atoms with van der Waals surface area (Å²) in [5, 5.41) is 4.26. The Morgan fingerprint density at radius 3 is 3.19 bits per heavy atom. The molecular formula is C11H20N4O. The molecule has 1 aromatic heterocycles. The molecular weight excluding hydrogens is 204 g/mol. The SMILES string of the molecule is CCn1cc(C(CC2CCCO2)NN)cn1. The lowest BCUT2D eigenvalue weighted by atomic mass is 10.0. The minimum atomic E-state index is 0.142. The van der Waals surface area contributed by atoms with Crippen LogP contribution in [0, 0.1) is 0 Å². The van der Waals surface area contributed by atoms with Crippen molar-refractivity contribution >= 4 is 0 Å². The smallest absolute Gasteiger partial charge is 0.0594 e. The fraction of sp³-hybridized carbons (Fsp3) is 0.727. The van der Waals surface area contributed by atoms with Gasteiger partial charge in [-0.15, -0.1) is 0 Å². The van der Waals surface area contributed by atoms with Crippen LogP contribution in [0.15, 0.2) is 12.4 Å². The summed E-state index contributed by atoms with van der Waals surface area (Å²) in [6.07, 6.45) is 7.48. The van der Waals surface area contributed by atoms with Crippen LogP contribution in [0.2, 0.25) is 0 Å². The average molecular weight is 224 g/mol. The van der Waals surface area contributed by atoms with Crippen LogP contribution in [0.3, 0.4) is 0 Å². The predicted octanol–water partition coefficient (Wildman–Crippen LogP) is 0.976. The van der Waals surface area contributed by atoms with Gasteiger partial charge in [-0.05, 0) is 26.2 Å². The van der Waals surface area contributed by atoms with Crippen LogP contribution < -0.4 is 11.3 Å². The van der Waals surface area contributed by atoms with Crippen LogP contribution >= 0.6 is 0 Å². The van der Waals surface area contributed by atoms with Crippen LogP contribution in [0.4, 0.5) is 0 Å². The number of nitrogens with zero attached hydrogens (tertiary/aromatic N) is 2. The summed E-state index contributed by atoms with van der Waals surface area (Å²) in [6.45, 7) is 3.84. The highest BCUT2D eigenvalue weighted by molar-refractivity contribution is 5.10. The van der Waals surface area contributed by atoms with E-state index in [0.717, 1.165) is 38.0 Å². The van der Waals surface area contributed by atoms with Gasteiger partial charge in [-0.2, -0.15) is 5.10 Å². The van der Waals surface area contributed by atoms with Gasteiger partial charge >= 0.3 is 0 Å². The third kappa shape index (κ3) is 2.61. The summed E-state index contributed by atoms with van der Waals surface area (Å²) < 4.78 is 7.53. The van der Waals surface area contributed by atoms with Crippen molar-refractivity contribution in [3.8, 4) is 0 Å². The highest BCUT2D eigenvalue weighted by atomic mass is 16.5. The number of hydrogen-bond donors (Lipinski definition) is 2. The number of hydrazine groups is 1. The first-order valence-electron chi connectivity index (χ1n) is 5.93. The van der Waals surface area contributed by atoms with Crippen LogP contribution in [0.1, 0.15) is 37.8 Å². The fourth-order valence-corrected chi connectivity index (χ4v) is 2.13. The molecule has 2 heterocycles. The van der Waals surface area contributed by atoms with Crippen molar-refractivity contribution in [1.29, 1.82) is 0 Å². The molecule has 1 saturated heterocycles. The molecule has 0 bridgehead atoms. The molecule has 0 saturated carbocycles. The highest BCUT2D eigenvalue weighted by Gasteiger charge is 2.21. The van der Waals surface area contributed by atoms with E-state index >= 15 is 0 Å². The predicted molar refractivity (Wildman–Crippen MR) is 61.6 cm³/mol. The Labute approximate surface area is 95.9 Å². The quantitative estimate of drug-likeness (QED) is 0.578. The lowest BCUT2D eigenvalue weighted by Crippen LogP contribution is -2.30. The summed E-state index contributed by atoms with van der Waals surface area (Å²) in [4.78, 5) is 0. The van der Waals surface area contributed by atoms with Gasteiger partial charge in [0, 0.05) is 24.9 Å². The van der Waals surface area contributed by atoms with E-state index in [-0.39, 0.29) is 6.04 Å². The van der Waals surface area contributed by atoms with Crippen LogP contribution in [0.25, 0.3) is 0 Å². The molecule has 1 fully saturated rings. The zero-order valence-corrected chi connectivity index (χ0v) is 9.72. The minimum Gasteiger partial charge on any atom is -0.378 e. The molecule has 0 aliphatic carbocycles. The van der Waals surface area contributed by atoms with Crippen molar-refractivity contribution in [2.75, 3.05) is 6.61 Å². The van der Waals surface area contributed by atoms with Crippen molar-refractivity contribution in [2.24, 2.45) is 5.84 Å². The minimum absolute atomic E-state index is 0.142. The number of aromatic nitrogens is 2. The number of ether oxygens (including phenoxy) is 1. The molecule has 1 aliphatic heterocycles. The number of aryl methyl sites for hydroxylation is 1. The number of nitrogens with two attached hydrogens (primary N) is 1. The van der Waals surface area contributed by atoms with E-state index in [0.29, 0.717) is 6.10 Å². The molecule has 90 valence electrons. The van der Waals surface area contributed by atoms with Crippen molar-refractivity contribution in [3.63, 3.8) is 0 Å². The van der Waals surface area contributed by atoms with Gasteiger partial charge in [-0.3, -0.25) is 16.0 Å². The molecule has 1 aliphatic rings. The molecule has 5 nitrogen and oxygen atoms in total. The fourth-order valence-electron chi connectivity index (χ4n) is 2.13. The summed E-state index contributed by atoms with van der Waals surface area (Å²) in [7, 11) is 0. The van der Waals surface area contributed by atoms with E-state index in [4.69, 9.17) is 10.6 Å². The van der Waals surface area contributed by atoms with Gasteiger partial charge in [0.1, 0.15) is 0 Å². The molecule has 0 aromatic carbocycles. The third-order valence-electron chi connectivity index (χ3n) is 3.10. The molecule has 0 radical (unpaired) electrons. The number of hydrogen-bond acceptors (Lipinski definition) is 4. The molecule has 0 spiro atoms. The molecule has 2 unspecified atom stereocenters. The standard InChI is InChI=1S/C11H20N4O/c1-2-15-8-9(7-13-15)11(14-12)6-10-4-3-5-16-10/h7-8,10-11,14H,2-6,12H2,1H3. The van der Waals surface area contributed by atoms with E-state index < -0.39 is 0 Å². The van der Waals surface area contributed by atoms with E-state index in [2.05, 4.69) is 17.4 Å². The third-order valence-corrected chi connectivity index (χ3v) is 3.10. The van der Waals surface area contributed by atoms with Gasteiger partial charge in [-0.25, -0.2) is 0 Å². The van der Waals surface area contributed by atoms with Gasteiger partial charge in [0.25, 0.3) is 0 Å². The molecule has 3 N–H and O–H groups in total. The Balaban J connectivity index is 1.97. The van der Waals surface area contributed by atoms with Crippen molar-refractivity contribution < 1.29 is 4.74 Å². The molecule has 16 heavy (non-hydrogen) atoms. The lowest BCUT2D eigenvalue weighted by Gasteiger charge is -2.18. The number of rotatable bonds is 5. The Kier molecular flexibility index (Phi) is 3.93. The first kappa shape index (κ1) is 11.6. The molecule has 2 rings (SSSR count). The second kappa shape index (κ2) is 5.43. The maximum absolute atomic E-state index is 5.62. The maximum Gasteiger partial charge on any atom is 0.0594 e. The Morgan fingerprint density at radius 2 is 2.62 bits per heavy atom. The topological polar surface area (TPSA) is 65.1 Å². The van der Waals surface area contributed by atoms with E-state index in [1.165, 1.54) is 0 Å². The average Bonchev–Trinajstić information content (AvgIpc) is 2.96. The maximum atomic E-state index is 5.62. The molecule has 2 atom stereocenters. The largest absolute Gasteiger partial charge is 0.378 e. The monoisotopic (exact) mass is 224 g/mol. The summed E-state index contributed by atoms with van der Waals surface area (Å²) in [5.41, 5.74) is 3.99. The van der Waals surface area contributed by atoms with Gasteiger partial charge in [0.15, 0.2) is 0 Å². The van der Waals surface area contributed by atoms with Crippen molar-refractivity contribution in [1.82, 2.24) is 15.2 Å². The Hall–Kier alpha value is -0.910. The highest BCUT2D eigenvalue weighted by Crippen LogP contribution is 2.24. The molecule has 5 heteroatoms. The summed E-state index contributed by atoms with van der Waals surface area (Å²) >= 11 is 0. The van der Waals surface area contributed by atoms with Crippen LogP contribution in [-0.2, 0) is 11.3 Å². The van der Waals surface area contributed by atoms with Crippen molar-refractivity contribution in [2.45, 2.75) is 44.9 Å². The van der Waals surface area contributed by atoms with Gasteiger partial charge in [0.2, 0.25) is 0 Å². The van der Waals surface area contributed by atoms with Crippen molar-refractivity contribution in [3.05, 3.63) is 18.0 Å². The molecule has 0 amide bonds. The van der Waals surface area contributed by atoms with E-state index in [9.17, 15) is 0 Å². The second-order valence-electron chi connectivity index (χ2n) is 4.22. The lowest BCUT2D eigenvalue weighted by molar-refractivity contribution is 0.0946. The van der Waals surface area contributed by atoms with E-state index in [1.807, 2.05) is 17.1 Å².